The minimum Gasteiger partial charge on any atom is -0.323 e. The lowest BCUT2D eigenvalue weighted by atomic mass is 10.1. The molecule has 2 amide bonds. The number of thiazole rings is 1. The van der Waals surface area contributed by atoms with Crippen LogP contribution in [0.2, 0.25) is 0 Å². The first-order chi connectivity index (χ1) is 12.8. The molecule has 28 heavy (non-hydrogen) atoms. The van der Waals surface area contributed by atoms with Crippen molar-refractivity contribution in [1.82, 2.24) is 15.2 Å². The molecule has 0 unspecified atom stereocenters. The van der Waals surface area contributed by atoms with Crippen molar-refractivity contribution in [2.75, 3.05) is 25.0 Å². The van der Waals surface area contributed by atoms with Crippen LogP contribution < -0.4 is 10.6 Å². The minimum atomic E-state index is -4.61. The fraction of sp³-hybridized carbons (Fsp3) is 0.500. The van der Waals surface area contributed by atoms with Crippen molar-refractivity contribution in [3.8, 4) is 0 Å². The van der Waals surface area contributed by atoms with Crippen LogP contribution >= 0.6 is 11.3 Å². The fourth-order valence-corrected chi connectivity index (χ4v) is 3.30. The number of hydrogen-bond acceptors (Lipinski definition) is 5. The number of fused-ring (bicyclic) bond motifs is 1. The van der Waals surface area contributed by atoms with Crippen LogP contribution in [0.15, 0.2) is 18.2 Å². The Morgan fingerprint density at radius 2 is 1.89 bits per heavy atom. The highest BCUT2D eigenvalue weighted by Crippen LogP contribution is 2.26. The molecule has 6 nitrogen and oxygen atoms in total. The number of benzene rings is 1. The van der Waals surface area contributed by atoms with Gasteiger partial charge >= 0.3 is 6.18 Å². The van der Waals surface area contributed by atoms with E-state index in [4.69, 9.17) is 0 Å². The van der Waals surface area contributed by atoms with Gasteiger partial charge in [0.15, 0.2) is 5.13 Å². The van der Waals surface area contributed by atoms with Crippen LogP contribution in [0.4, 0.5) is 18.3 Å². The number of nitrogens with one attached hydrogen (secondary N) is 2. The Labute approximate surface area is 165 Å². The summed E-state index contributed by atoms with van der Waals surface area (Å²) < 4.78 is 39.4. The van der Waals surface area contributed by atoms with E-state index in [1.165, 1.54) is 11.3 Å². The van der Waals surface area contributed by atoms with E-state index >= 15 is 0 Å². The maximum Gasteiger partial charge on any atom is 0.406 e. The first-order valence-corrected chi connectivity index (χ1v) is 9.41. The Hall–Kier alpha value is -2.20. The summed E-state index contributed by atoms with van der Waals surface area (Å²) in [5.41, 5.74) is 1.27. The molecule has 0 saturated carbocycles. The second-order valence-electron chi connectivity index (χ2n) is 7.51. The van der Waals surface area contributed by atoms with Crippen molar-refractivity contribution in [1.29, 1.82) is 0 Å². The number of rotatable bonds is 6. The molecule has 0 bridgehead atoms. The van der Waals surface area contributed by atoms with Gasteiger partial charge in [-0.3, -0.25) is 9.59 Å². The van der Waals surface area contributed by atoms with Crippen LogP contribution in [0.5, 0.6) is 0 Å². The maximum atomic E-state index is 12.8. The molecule has 0 aliphatic heterocycles. The summed E-state index contributed by atoms with van der Waals surface area (Å²) in [7, 11) is 0. The summed E-state index contributed by atoms with van der Waals surface area (Å²) in [6.45, 7) is 4.78. The number of anilines is 1. The van der Waals surface area contributed by atoms with Gasteiger partial charge in [0.1, 0.15) is 13.1 Å². The largest absolute Gasteiger partial charge is 0.406 e. The molecule has 10 heteroatoms. The Balaban J connectivity index is 2.06. The number of aryl methyl sites for hydroxylation is 1. The van der Waals surface area contributed by atoms with Gasteiger partial charge < -0.3 is 15.5 Å². The molecule has 2 aromatic rings. The standard InChI is InChI=1S/C18H23F3N4O2S/c1-11-5-6-12-13(7-11)28-16(23-12)24-14(26)9-25(10-18(19,20)21)15(27)8-22-17(2,3)4/h5-7,22H,8-10H2,1-4H3,(H,23,24,26). The lowest BCUT2D eigenvalue weighted by molar-refractivity contribution is -0.162. The van der Waals surface area contributed by atoms with E-state index in [2.05, 4.69) is 15.6 Å². The van der Waals surface area contributed by atoms with E-state index in [0.717, 1.165) is 10.3 Å². The van der Waals surface area contributed by atoms with Gasteiger partial charge in [0.25, 0.3) is 0 Å². The van der Waals surface area contributed by atoms with Crippen molar-refractivity contribution < 1.29 is 22.8 Å². The van der Waals surface area contributed by atoms with E-state index < -0.39 is 36.6 Å². The zero-order chi connectivity index (χ0) is 21.1. The fourth-order valence-electron chi connectivity index (χ4n) is 2.32. The quantitative estimate of drug-likeness (QED) is 0.758. The lowest BCUT2D eigenvalue weighted by Crippen LogP contribution is -2.49. The summed E-state index contributed by atoms with van der Waals surface area (Å²) >= 11 is 1.22. The van der Waals surface area contributed by atoms with Crippen LogP contribution in [0.25, 0.3) is 10.2 Å². The van der Waals surface area contributed by atoms with Gasteiger partial charge in [-0.05, 0) is 45.4 Å². The van der Waals surface area contributed by atoms with Gasteiger partial charge in [0.2, 0.25) is 11.8 Å². The molecule has 0 atom stereocenters. The molecule has 2 rings (SSSR count). The summed E-state index contributed by atoms with van der Waals surface area (Å²) in [5.74, 6) is -1.54. The molecule has 0 radical (unpaired) electrons. The number of amides is 2. The number of carbonyl (C=O) groups excluding carboxylic acids is 2. The second kappa shape index (κ2) is 8.44. The normalized spacial score (nSPS) is 12.2. The Morgan fingerprint density at radius 1 is 1.21 bits per heavy atom. The first kappa shape index (κ1) is 22.1. The molecule has 0 aliphatic carbocycles. The number of hydrogen-bond donors (Lipinski definition) is 2. The van der Waals surface area contributed by atoms with Crippen molar-refractivity contribution in [3.63, 3.8) is 0 Å². The van der Waals surface area contributed by atoms with Crippen molar-refractivity contribution in [3.05, 3.63) is 23.8 Å². The number of nitrogens with zero attached hydrogens (tertiary/aromatic N) is 2. The highest BCUT2D eigenvalue weighted by molar-refractivity contribution is 7.22. The topological polar surface area (TPSA) is 74.3 Å². The maximum absolute atomic E-state index is 12.8. The van der Waals surface area contributed by atoms with Gasteiger partial charge in [-0.25, -0.2) is 4.98 Å². The van der Waals surface area contributed by atoms with Crippen molar-refractivity contribution in [2.24, 2.45) is 0 Å². The Morgan fingerprint density at radius 3 is 2.50 bits per heavy atom. The summed E-state index contributed by atoms with van der Waals surface area (Å²) in [5, 5.41) is 5.59. The summed E-state index contributed by atoms with van der Waals surface area (Å²) in [6.07, 6.45) is -4.61. The van der Waals surface area contributed by atoms with Crippen LogP contribution in [0.1, 0.15) is 26.3 Å². The third-order valence-electron chi connectivity index (χ3n) is 3.62. The molecule has 1 aromatic heterocycles. The van der Waals surface area contributed by atoms with Crippen LogP contribution in [-0.4, -0.2) is 53.0 Å². The lowest BCUT2D eigenvalue weighted by Gasteiger charge is -2.26. The number of aromatic nitrogens is 1. The highest BCUT2D eigenvalue weighted by Gasteiger charge is 2.34. The third-order valence-corrected chi connectivity index (χ3v) is 4.55. The van der Waals surface area contributed by atoms with E-state index in [1.807, 2.05) is 19.1 Å². The van der Waals surface area contributed by atoms with E-state index in [0.29, 0.717) is 10.4 Å². The third kappa shape index (κ3) is 7.08. The van der Waals surface area contributed by atoms with Crippen molar-refractivity contribution in [2.45, 2.75) is 39.4 Å². The van der Waals surface area contributed by atoms with E-state index in [9.17, 15) is 22.8 Å². The minimum absolute atomic E-state index is 0.276. The van der Waals surface area contributed by atoms with Gasteiger partial charge in [-0.15, -0.1) is 0 Å². The van der Waals surface area contributed by atoms with Crippen LogP contribution in [0.3, 0.4) is 0 Å². The molecular weight excluding hydrogens is 393 g/mol. The van der Waals surface area contributed by atoms with Crippen molar-refractivity contribution >= 4 is 38.5 Å². The molecule has 1 aromatic carbocycles. The average Bonchev–Trinajstić information content (AvgIpc) is 2.90. The molecule has 0 spiro atoms. The van der Waals surface area contributed by atoms with Crippen LogP contribution in [0, 0.1) is 6.92 Å². The van der Waals surface area contributed by atoms with Gasteiger partial charge in [-0.1, -0.05) is 17.4 Å². The molecule has 0 saturated heterocycles. The van der Waals surface area contributed by atoms with Gasteiger partial charge in [0.05, 0.1) is 16.8 Å². The molecule has 0 aliphatic rings. The number of alkyl halides is 3. The highest BCUT2D eigenvalue weighted by atomic mass is 32.1. The Bertz CT molecular complexity index is 859. The number of carbonyl (C=O) groups is 2. The molecule has 2 N–H and O–H groups in total. The van der Waals surface area contributed by atoms with Gasteiger partial charge in [-0.2, -0.15) is 13.2 Å². The predicted octanol–water partition coefficient (Wildman–Crippen LogP) is 3.32. The van der Waals surface area contributed by atoms with E-state index in [-0.39, 0.29) is 11.7 Å². The Kier molecular flexibility index (Phi) is 6.66. The molecular formula is C18H23F3N4O2S. The summed E-state index contributed by atoms with van der Waals surface area (Å²) in [6, 6.07) is 5.58. The zero-order valence-corrected chi connectivity index (χ0v) is 16.9. The molecule has 154 valence electrons. The van der Waals surface area contributed by atoms with E-state index in [1.54, 1.807) is 26.8 Å². The smallest absolute Gasteiger partial charge is 0.323 e. The first-order valence-electron chi connectivity index (χ1n) is 8.59. The molecule has 1 heterocycles. The SMILES string of the molecule is Cc1ccc2nc(NC(=O)CN(CC(F)(F)F)C(=O)CNC(C)(C)C)sc2c1. The second-order valence-corrected chi connectivity index (χ2v) is 8.54. The van der Waals surface area contributed by atoms with Gasteiger partial charge in [0, 0.05) is 5.54 Å². The predicted molar refractivity (Wildman–Crippen MR) is 103 cm³/mol. The zero-order valence-electron chi connectivity index (χ0n) is 16.1. The molecule has 0 fully saturated rings. The number of halogens is 3. The van der Waals surface area contributed by atoms with Crippen LogP contribution in [-0.2, 0) is 9.59 Å². The monoisotopic (exact) mass is 416 g/mol. The summed E-state index contributed by atoms with van der Waals surface area (Å²) in [4.78, 5) is 29.2. The average molecular weight is 416 g/mol.